The minimum absolute atomic E-state index is 0.0450. The van der Waals surface area contributed by atoms with Gasteiger partial charge in [-0.2, -0.15) is 0 Å². The fourth-order valence-electron chi connectivity index (χ4n) is 3.54. The van der Waals surface area contributed by atoms with Gasteiger partial charge in [0.25, 0.3) is 0 Å². The minimum atomic E-state index is -1.44. The second-order valence-corrected chi connectivity index (χ2v) is 11.2. The summed E-state index contributed by atoms with van der Waals surface area (Å²) in [4.78, 5) is 25.2. The molecule has 0 bridgehead atoms. The van der Waals surface area contributed by atoms with Gasteiger partial charge in [0.15, 0.2) is 18.5 Å². The van der Waals surface area contributed by atoms with Crippen molar-refractivity contribution >= 4 is 11.9 Å². The Morgan fingerprint density at radius 3 is 1.84 bits per heavy atom. The summed E-state index contributed by atoms with van der Waals surface area (Å²) in [5.41, 5.74) is -1.21. The van der Waals surface area contributed by atoms with Gasteiger partial charge in [0.05, 0.1) is 31.0 Å². The molecule has 0 aromatic heterocycles. The van der Waals surface area contributed by atoms with Crippen LogP contribution in [0, 0.1) is 0 Å². The quantitative estimate of drug-likeness (QED) is 0.279. The van der Waals surface area contributed by atoms with Crippen LogP contribution in [0.4, 0.5) is 0 Å². The van der Waals surface area contributed by atoms with Gasteiger partial charge in [-0.1, -0.05) is 13.8 Å². The number of hydrogen-bond donors (Lipinski definition) is 3. The van der Waals surface area contributed by atoms with Gasteiger partial charge in [0.1, 0.15) is 24.4 Å². The standard InChI is InChI=1S/C26H48O11/c1-9-11-19(30)35-22-21(37-26(6,7)8)18(15-33-25(3,4)5)34-24(23(22)36-20(31)12-10-2)32-14-17(29)16(28)13-27/h16-18,21-24,27-29H,9-15H2,1-8H3/t16-,17+,18+,21+,22-,23-,24+/m0/s1. The summed E-state index contributed by atoms with van der Waals surface area (Å²) in [5.74, 6) is -1.05. The first-order valence-electron chi connectivity index (χ1n) is 13.1. The van der Waals surface area contributed by atoms with E-state index < -0.39 is 79.3 Å². The molecule has 1 aliphatic heterocycles. The van der Waals surface area contributed by atoms with E-state index in [4.69, 9.17) is 33.5 Å². The number of rotatable bonds is 14. The lowest BCUT2D eigenvalue weighted by molar-refractivity contribution is -0.328. The van der Waals surface area contributed by atoms with Crippen LogP contribution in [0.15, 0.2) is 0 Å². The van der Waals surface area contributed by atoms with E-state index >= 15 is 0 Å². The van der Waals surface area contributed by atoms with Crippen molar-refractivity contribution in [2.24, 2.45) is 0 Å². The van der Waals surface area contributed by atoms with Gasteiger partial charge in [-0.3, -0.25) is 9.59 Å². The number of aliphatic hydroxyl groups excluding tert-OH is 3. The summed E-state index contributed by atoms with van der Waals surface area (Å²) in [6.45, 7) is 13.7. The molecule has 0 amide bonds. The molecule has 218 valence electrons. The summed E-state index contributed by atoms with van der Waals surface area (Å²) in [6, 6.07) is 0. The third-order valence-corrected chi connectivity index (χ3v) is 5.27. The first kappa shape index (κ1) is 33.7. The van der Waals surface area contributed by atoms with E-state index in [0.717, 1.165) is 0 Å². The van der Waals surface area contributed by atoms with Gasteiger partial charge in [0.2, 0.25) is 0 Å². The normalized spacial score (nSPS) is 26.4. The zero-order valence-corrected chi connectivity index (χ0v) is 23.6. The van der Waals surface area contributed by atoms with Crippen LogP contribution < -0.4 is 0 Å². The van der Waals surface area contributed by atoms with E-state index in [2.05, 4.69) is 0 Å². The molecule has 1 saturated heterocycles. The fraction of sp³-hybridized carbons (Fsp3) is 0.923. The Bertz CT molecular complexity index is 685. The van der Waals surface area contributed by atoms with Gasteiger partial charge < -0.3 is 43.7 Å². The van der Waals surface area contributed by atoms with Gasteiger partial charge in [0, 0.05) is 12.8 Å². The lowest BCUT2D eigenvalue weighted by Crippen LogP contribution is -2.64. The third-order valence-electron chi connectivity index (χ3n) is 5.27. The van der Waals surface area contributed by atoms with E-state index in [1.54, 1.807) is 0 Å². The molecule has 1 fully saturated rings. The maximum Gasteiger partial charge on any atom is 0.306 e. The van der Waals surface area contributed by atoms with E-state index in [9.17, 15) is 19.8 Å². The molecule has 0 aromatic rings. The third kappa shape index (κ3) is 12.4. The van der Waals surface area contributed by atoms with Crippen LogP contribution >= 0.6 is 0 Å². The highest BCUT2D eigenvalue weighted by Crippen LogP contribution is 2.33. The van der Waals surface area contributed by atoms with E-state index in [1.807, 2.05) is 55.4 Å². The summed E-state index contributed by atoms with van der Waals surface area (Å²) in [5, 5.41) is 29.0. The number of hydrogen-bond acceptors (Lipinski definition) is 11. The molecule has 0 aromatic carbocycles. The van der Waals surface area contributed by atoms with Crippen molar-refractivity contribution < 1.29 is 53.3 Å². The minimum Gasteiger partial charge on any atom is -0.455 e. The van der Waals surface area contributed by atoms with Crippen LogP contribution in [-0.4, -0.2) is 101 Å². The van der Waals surface area contributed by atoms with Gasteiger partial charge >= 0.3 is 11.9 Å². The zero-order valence-electron chi connectivity index (χ0n) is 23.6. The van der Waals surface area contributed by atoms with Crippen molar-refractivity contribution in [2.75, 3.05) is 19.8 Å². The molecule has 7 atom stereocenters. The highest BCUT2D eigenvalue weighted by atomic mass is 16.7. The summed E-state index contributed by atoms with van der Waals surface area (Å²) in [6.07, 6.45) is -6.83. The summed E-state index contributed by atoms with van der Waals surface area (Å²) < 4.78 is 35.7. The molecule has 0 spiro atoms. The Balaban J connectivity index is 3.45. The molecule has 11 nitrogen and oxygen atoms in total. The second kappa shape index (κ2) is 15.3. The molecule has 1 aliphatic rings. The van der Waals surface area contributed by atoms with E-state index in [0.29, 0.717) is 12.8 Å². The second-order valence-electron chi connectivity index (χ2n) is 11.2. The number of esters is 2. The summed E-state index contributed by atoms with van der Waals surface area (Å²) in [7, 11) is 0. The molecule has 0 unspecified atom stereocenters. The Morgan fingerprint density at radius 1 is 0.838 bits per heavy atom. The SMILES string of the molecule is CCCC(=O)O[C@@H]1[C@H](OC(=O)CCC)[C@H](OC[C@@H](O)[C@@H](O)CO)O[C@H](COC(C)(C)C)[C@H]1OC(C)(C)C. The Morgan fingerprint density at radius 2 is 1.38 bits per heavy atom. The average molecular weight is 537 g/mol. The predicted molar refractivity (Wildman–Crippen MR) is 134 cm³/mol. The van der Waals surface area contributed by atoms with Gasteiger partial charge in [-0.25, -0.2) is 0 Å². The van der Waals surface area contributed by atoms with E-state index in [-0.39, 0.29) is 19.4 Å². The Labute approximate surface area is 220 Å². The molecule has 1 heterocycles. The number of carbonyl (C=O) groups is 2. The molecule has 0 saturated carbocycles. The predicted octanol–water partition coefficient (Wildman–Crippen LogP) is 1.86. The van der Waals surface area contributed by atoms with Crippen molar-refractivity contribution in [3.8, 4) is 0 Å². The maximum absolute atomic E-state index is 12.7. The van der Waals surface area contributed by atoms with Crippen molar-refractivity contribution in [3.05, 3.63) is 0 Å². The van der Waals surface area contributed by atoms with Crippen LogP contribution in [0.1, 0.15) is 81.1 Å². The summed E-state index contributed by atoms with van der Waals surface area (Å²) >= 11 is 0. The molecular weight excluding hydrogens is 488 g/mol. The van der Waals surface area contributed by atoms with Crippen LogP contribution in [0.3, 0.4) is 0 Å². The molecule has 11 heteroatoms. The number of carbonyl (C=O) groups excluding carboxylic acids is 2. The zero-order chi connectivity index (χ0) is 28.4. The average Bonchev–Trinajstić information content (AvgIpc) is 2.77. The molecule has 3 N–H and O–H groups in total. The van der Waals surface area contributed by atoms with Crippen LogP contribution in [0.5, 0.6) is 0 Å². The Kier molecular flexibility index (Phi) is 13.9. The maximum atomic E-state index is 12.7. The first-order chi connectivity index (χ1) is 17.1. The van der Waals surface area contributed by atoms with Crippen molar-refractivity contribution in [2.45, 2.75) is 135 Å². The van der Waals surface area contributed by atoms with E-state index in [1.165, 1.54) is 0 Å². The lowest BCUT2D eigenvalue weighted by atomic mass is 9.96. The topological polar surface area (TPSA) is 150 Å². The van der Waals surface area contributed by atoms with Gasteiger partial charge in [-0.05, 0) is 54.4 Å². The molecule has 0 radical (unpaired) electrons. The Hall–Kier alpha value is -1.34. The molecule has 0 aliphatic carbocycles. The molecule has 1 rings (SSSR count). The number of ether oxygens (including phenoxy) is 6. The van der Waals surface area contributed by atoms with Crippen molar-refractivity contribution in [3.63, 3.8) is 0 Å². The van der Waals surface area contributed by atoms with Crippen molar-refractivity contribution in [1.82, 2.24) is 0 Å². The molecule has 37 heavy (non-hydrogen) atoms. The van der Waals surface area contributed by atoms with Crippen LogP contribution in [0.25, 0.3) is 0 Å². The largest absolute Gasteiger partial charge is 0.455 e. The highest BCUT2D eigenvalue weighted by molar-refractivity contribution is 5.70. The lowest BCUT2D eigenvalue weighted by Gasteiger charge is -2.47. The van der Waals surface area contributed by atoms with Crippen LogP contribution in [0.2, 0.25) is 0 Å². The highest BCUT2D eigenvalue weighted by Gasteiger charge is 2.53. The van der Waals surface area contributed by atoms with Gasteiger partial charge in [-0.15, -0.1) is 0 Å². The monoisotopic (exact) mass is 536 g/mol. The van der Waals surface area contributed by atoms with Crippen LogP contribution in [-0.2, 0) is 38.0 Å². The number of aliphatic hydroxyl groups is 3. The fourth-order valence-corrected chi connectivity index (χ4v) is 3.54. The smallest absolute Gasteiger partial charge is 0.306 e. The molecular formula is C26H48O11. The first-order valence-corrected chi connectivity index (χ1v) is 13.1. The van der Waals surface area contributed by atoms with Crippen molar-refractivity contribution in [1.29, 1.82) is 0 Å².